The predicted octanol–water partition coefficient (Wildman–Crippen LogP) is 2.69. The maximum atomic E-state index is 13.0. The minimum Gasteiger partial charge on any atom is -0.481 e. The Kier molecular flexibility index (Phi) is 5.02. The molecule has 0 spiro atoms. The third-order valence-electron chi connectivity index (χ3n) is 3.61. The van der Waals surface area contributed by atoms with Crippen molar-refractivity contribution in [1.82, 2.24) is 15.1 Å². The van der Waals surface area contributed by atoms with Gasteiger partial charge < -0.3 is 10.4 Å². The van der Waals surface area contributed by atoms with Crippen molar-refractivity contribution in [3.8, 4) is 5.69 Å². The number of aliphatic carboxylic acids is 1. The standard InChI is InChI=1S/C17H20FN3O3/c1-11-10-14(16(24)19-17(2,3)9-8-15(22)23)20-21(11)13-6-4-12(18)5-7-13/h4-7,10H,8-9H2,1-3H3,(H,19,24)(H,22,23). The molecule has 0 fully saturated rings. The number of rotatable bonds is 6. The molecule has 2 aromatic rings. The van der Waals surface area contributed by atoms with Gasteiger partial charge in [0.25, 0.3) is 5.91 Å². The minimum atomic E-state index is -0.909. The summed E-state index contributed by atoms with van der Waals surface area (Å²) in [7, 11) is 0. The molecule has 0 unspecified atom stereocenters. The number of hydrogen-bond donors (Lipinski definition) is 2. The van der Waals surface area contributed by atoms with Crippen molar-refractivity contribution in [2.24, 2.45) is 0 Å². The van der Waals surface area contributed by atoms with Crippen LogP contribution in [0.2, 0.25) is 0 Å². The molecule has 1 aromatic heterocycles. The summed E-state index contributed by atoms with van der Waals surface area (Å²) in [4.78, 5) is 23.0. The van der Waals surface area contributed by atoms with E-state index in [9.17, 15) is 14.0 Å². The van der Waals surface area contributed by atoms with Crippen molar-refractivity contribution in [2.75, 3.05) is 0 Å². The minimum absolute atomic E-state index is 0.0314. The van der Waals surface area contributed by atoms with Crippen molar-refractivity contribution < 1.29 is 19.1 Å². The Bertz CT molecular complexity index is 751. The normalized spacial score (nSPS) is 11.3. The number of carbonyl (C=O) groups excluding carboxylic acids is 1. The van der Waals surface area contributed by atoms with Crippen LogP contribution in [0.3, 0.4) is 0 Å². The van der Waals surface area contributed by atoms with Gasteiger partial charge in [-0.2, -0.15) is 5.10 Å². The highest BCUT2D eigenvalue weighted by Crippen LogP contribution is 2.15. The van der Waals surface area contributed by atoms with Crippen LogP contribution in [-0.2, 0) is 4.79 Å². The van der Waals surface area contributed by atoms with Crippen LogP contribution in [0.25, 0.3) is 5.69 Å². The number of nitrogens with one attached hydrogen (secondary N) is 1. The predicted molar refractivity (Wildman–Crippen MR) is 86.7 cm³/mol. The van der Waals surface area contributed by atoms with E-state index in [0.717, 1.165) is 5.69 Å². The van der Waals surface area contributed by atoms with Gasteiger partial charge >= 0.3 is 5.97 Å². The molecule has 0 saturated carbocycles. The maximum Gasteiger partial charge on any atom is 0.303 e. The molecule has 1 heterocycles. The molecule has 2 N–H and O–H groups in total. The zero-order valence-electron chi connectivity index (χ0n) is 13.8. The van der Waals surface area contributed by atoms with Crippen molar-refractivity contribution in [2.45, 2.75) is 39.2 Å². The number of nitrogens with zero attached hydrogens (tertiary/aromatic N) is 2. The summed E-state index contributed by atoms with van der Waals surface area (Å²) in [5.41, 5.74) is 0.941. The Balaban J connectivity index is 2.15. The summed E-state index contributed by atoms with van der Waals surface area (Å²) >= 11 is 0. The Hall–Kier alpha value is -2.70. The lowest BCUT2D eigenvalue weighted by Gasteiger charge is -2.25. The number of aromatic nitrogens is 2. The van der Waals surface area contributed by atoms with Crippen molar-refractivity contribution in [1.29, 1.82) is 0 Å². The van der Waals surface area contributed by atoms with E-state index in [1.807, 2.05) is 0 Å². The van der Waals surface area contributed by atoms with Crippen molar-refractivity contribution in [3.63, 3.8) is 0 Å². The van der Waals surface area contributed by atoms with Gasteiger partial charge in [0.2, 0.25) is 0 Å². The van der Waals surface area contributed by atoms with Crippen LogP contribution in [0.1, 0.15) is 42.9 Å². The molecule has 2 rings (SSSR count). The van der Waals surface area contributed by atoms with E-state index in [0.29, 0.717) is 12.1 Å². The average Bonchev–Trinajstić information content (AvgIpc) is 2.88. The van der Waals surface area contributed by atoms with Gasteiger partial charge in [0.15, 0.2) is 5.69 Å². The topological polar surface area (TPSA) is 84.2 Å². The number of hydrogen-bond acceptors (Lipinski definition) is 3. The highest BCUT2D eigenvalue weighted by molar-refractivity contribution is 5.93. The summed E-state index contributed by atoms with van der Waals surface area (Å²) in [6, 6.07) is 7.43. The quantitative estimate of drug-likeness (QED) is 0.851. The highest BCUT2D eigenvalue weighted by Gasteiger charge is 2.24. The second-order valence-electron chi connectivity index (χ2n) is 6.29. The van der Waals surface area contributed by atoms with Crippen molar-refractivity contribution >= 4 is 11.9 Å². The molecule has 1 aromatic carbocycles. The van der Waals surface area contributed by atoms with Crippen molar-refractivity contribution in [3.05, 3.63) is 47.5 Å². The third-order valence-corrected chi connectivity index (χ3v) is 3.61. The summed E-state index contributed by atoms with van der Waals surface area (Å²) in [5.74, 6) is -1.63. The van der Waals surface area contributed by atoms with Crippen LogP contribution < -0.4 is 5.32 Å². The van der Waals surface area contributed by atoms with Gasteiger partial charge in [0, 0.05) is 17.7 Å². The fourth-order valence-corrected chi connectivity index (χ4v) is 2.28. The first-order valence-electron chi connectivity index (χ1n) is 7.55. The zero-order chi connectivity index (χ0) is 17.9. The Morgan fingerprint density at radius 1 is 1.29 bits per heavy atom. The lowest BCUT2D eigenvalue weighted by molar-refractivity contribution is -0.137. The molecule has 24 heavy (non-hydrogen) atoms. The maximum absolute atomic E-state index is 13.0. The molecular formula is C17H20FN3O3. The smallest absolute Gasteiger partial charge is 0.303 e. The molecule has 6 nitrogen and oxygen atoms in total. The van der Waals surface area contributed by atoms with Crippen LogP contribution >= 0.6 is 0 Å². The van der Waals surface area contributed by atoms with E-state index in [-0.39, 0.29) is 23.8 Å². The van der Waals surface area contributed by atoms with E-state index in [4.69, 9.17) is 5.11 Å². The Morgan fingerprint density at radius 3 is 2.50 bits per heavy atom. The second-order valence-corrected chi connectivity index (χ2v) is 6.29. The third kappa shape index (κ3) is 4.41. The summed E-state index contributed by atoms with van der Waals surface area (Å²) < 4.78 is 14.6. The van der Waals surface area contributed by atoms with Gasteiger partial charge in [-0.3, -0.25) is 9.59 Å². The molecule has 1 amide bonds. The van der Waals surface area contributed by atoms with Gasteiger partial charge in [-0.05, 0) is 57.5 Å². The summed E-state index contributed by atoms with van der Waals surface area (Å²) in [6.07, 6.45) is 0.280. The van der Waals surface area contributed by atoms with Crippen LogP contribution in [-0.4, -0.2) is 32.3 Å². The lowest BCUT2D eigenvalue weighted by atomic mass is 9.98. The molecule has 128 valence electrons. The number of carboxylic acid groups (broad SMARTS) is 1. The van der Waals surface area contributed by atoms with E-state index >= 15 is 0 Å². The molecule has 0 saturated heterocycles. The molecule has 0 aliphatic rings. The molecule has 0 radical (unpaired) electrons. The molecule has 0 bridgehead atoms. The van der Waals surface area contributed by atoms with E-state index in [1.54, 1.807) is 43.7 Å². The first kappa shape index (κ1) is 17.7. The van der Waals surface area contributed by atoms with Gasteiger partial charge in [0.1, 0.15) is 5.82 Å². The lowest BCUT2D eigenvalue weighted by Crippen LogP contribution is -2.43. The Morgan fingerprint density at radius 2 is 1.92 bits per heavy atom. The first-order valence-corrected chi connectivity index (χ1v) is 7.55. The number of carboxylic acids is 1. The van der Waals surface area contributed by atoms with Gasteiger partial charge in [-0.25, -0.2) is 9.07 Å². The average molecular weight is 333 g/mol. The van der Waals surface area contributed by atoms with Crippen LogP contribution in [0.15, 0.2) is 30.3 Å². The highest BCUT2D eigenvalue weighted by atomic mass is 19.1. The van der Waals surface area contributed by atoms with Gasteiger partial charge in [0.05, 0.1) is 5.69 Å². The molecule has 0 atom stereocenters. The number of aryl methyl sites for hydroxylation is 1. The molecule has 7 heteroatoms. The van der Waals surface area contributed by atoms with E-state index < -0.39 is 11.5 Å². The van der Waals surface area contributed by atoms with Gasteiger partial charge in [-0.15, -0.1) is 0 Å². The van der Waals surface area contributed by atoms with Crippen LogP contribution in [0.5, 0.6) is 0 Å². The molecule has 0 aliphatic heterocycles. The second kappa shape index (κ2) is 6.82. The fraction of sp³-hybridized carbons (Fsp3) is 0.353. The monoisotopic (exact) mass is 333 g/mol. The fourth-order valence-electron chi connectivity index (χ4n) is 2.28. The van der Waals surface area contributed by atoms with E-state index in [2.05, 4.69) is 10.4 Å². The van der Waals surface area contributed by atoms with Gasteiger partial charge in [-0.1, -0.05) is 0 Å². The number of halogens is 1. The summed E-state index contributed by atoms with van der Waals surface area (Å²) in [5, 5.41) is 15.8. The number of amides is 1. The Labute approximate surface area is 139 Å². The molecule has 0 aliphatic carbocycles. The van der Waals surface area contributed by atoms with E-state index in [1.165, 1.54) is 12.1 Å². The first-order chi connectivity index (χ1) is 11.2. The SMILES string of the molecule is Cc1cc(C(=O)NC(C)(C)CCC(=O)O)nn1-c1ccc(F)cc1. The largest absolute Gasteiger partial charge is 0.481 e. The molecular weight excluding hydrogens is 313 g/mol. The summed E-state index contributed by atoms with van der Waals surface area (Å²) in [6.45, 7) is 5.32. The van der Waals surface area contributed by atoms with Crippen LogP contribution in [0.4, 0.5) is 4.39 Å². The van der Waals surface area contributed by atoms with Crippen LogP contribution in [0, 0.1) is 12.7 Å². The number of benzene rings is 1. The number of carbonyl (C=O) groups is 2. The zero-order valence-corrected chi connectivity index (χ0v) is 13.8.